The molecule has 1 aromatic rings. The van der Waals surface area contributed by atoms with E-state index in [2.05, 4.69) is 4.90 Å². The largest absolute Gasteiger partial charge is 0.378 e. The van der Waals surface area contributed by atoms with Crippen molar-refractivity contribution >= 4 is 11.4 Å². The van der Waals surface area contributed by atoms with Gasteiger partial charge in [-0.1, -0.05) is 0 Å². The van der Waals surface area contributed by atoms with Gasteiger partial charge in [0.05, 0.1) is 13.2 Å². The summed E-state index contributed by atoms with van der Waals surface area (Å²) in [6.45, 7) is 4.51. The molecule has 0 N–H and O–H groups in total. The quantitative estimate of drug-likeness (QED) is 0.697. The summed E-state index contributed by atoms with van der Waals surface area (Å²) < 4.78 is 5.29. The summed E-state index contributed by atoms with van der Waals surface area (Å²) >= 11 is 0. The van der Waals surface area contributed by atoms with E-state index in [0.717, 1.165) is 25.9 Å². The second kappa shape index (κ2) is 4.72. The van der Waals surface area contributed by atoms with Crippen LogP contribution >= 0.6 is 0 Å². The van der Waals surface area contributed by atoms with E-state index in [4.69, 9.17) is 4.74 Å². The van der Waals surface area contributed by atoms with Crippen molar-refractivity contribution < 1.29 is 4.74 Å². The van der Waals surface area contributed by atoms with Gasteiger partial charge in [-0.2, -0.15) is 0 Å². The van der Waals surface area contributed by atoms with Crippen LogP contribution in [0.1, 0.15) is 19.3 Å². The summed E-state index contributed by atoms with van der Waals surface area (Å²) in [5, 5.41) is 0. The predicted molar refractivity (Wildman–Crippen MR) is 70.5 cm³/mol. The molecule has 0 bridgehead atoms. The maximum absolute atomic E-state index is 11.8. The van der Waals surface area contributed by atoms with Crippen LogP contribution in [0, 0.1) is 0 Å². The molecule has 0 aliphatic carbocycles. The minimum absolute atomic E-state index is 0.293. The zero-order chi connectivity index (χ0) is 12.5. The van der Waals surface area contributed by atoms with Crippen LogP contribution in [0.3, 0.4) is 0 Å². The van der Waals surface area contributed by atoms with Crippen LogP contribution in [0.15, 0.2) is 9.59 Å². The van der Waals surface area contributed by atoms with Gasteiger partial charge < -0.3 is 14.5 Å². The number of ether oxygens (including phenoxy) is 1. The van der Waals surface area contributed by atoms with Crippen LogP contribution in [0.4, 0.5) is 11.4 Å². The Bertz CT molecular complexity index is 447. The van der Waals surface area contributed by atoms with Crippen LogP contribution in [0.25, 0.3) is 0 Å². The standard InChI is InChI=1S/C13H18N2O3/c16-12-10(14-4-2-1-3-5-14)11(13(12)17)15-6-8-18-9-7-15/h1-9H2. The molecule has 0 atom stereocenters. The molecular weight excluding hydrogens is 232 g/mol. The maximum atomic E-state index is 11.8. The highest BCUT2D eigenvalue weighted by Gasteiger charge is 2.31. The zero-order valence-electron chi connectivity index (χ0n) is 10.5. The maximum Gasteiger partial charge on any atom is 0.253 e. The van der Waals surface area contributed by atoms with Crippen LogP contribution < -0.4 is 20.7 Å². The lowest BCUT2D eigenvalue weighted by Crippen LogP contribution is -2.50. The molecule has 3 rings (SSSR count). The number of hydrogen-bond donors (Lipinski definition) is 0. The molecule has 2 saturated heterocycles. The molecule has 5 nitrogen and oxygen atoms in total. The van der Waals surface area contributed by atoms with Gasteiger partial charge in [-0.05, 0) is 19.3 Å². The van der Waals surface area contributed by atoms with Gasteiger partial charge in [0, 0.05) is 26.2 Å². The van der Waals surface area contributed by atoms with E-state index in [1.54, 1.807) is 0 Å². The van der Waals surface area contributed by atoms with Crippen LogP contribution in [0.2, 0.25) is 0 Å². The van der Waals surface area contributed by atoms with Gasteiger partial charge in [0.25, 0.3) is 10.9 Å². The Morgan fingerprint density at radius 3 is 1.78 bits per heavy atom. The van der Waals surface area contributed by atoms with Gasteiger partial charge in [-0.15, -0.1) is 0 Å². The molecule has 18 heavy (non-hydrogen) atoms. The molecule has 0 unspecified atom stereocenters. The molecule has 2 aliphatic rings. The highest BCUT2D eigenvalue weighted by atomic mass is 16.5. The van der Waals surface area contributed by atoms with Gasteiger partial charge in [-0.25, -0.2) is 0 Å². The zero-order valence-corrected chi connectivity index (χ0v) is 10.5. The van der Waals surface area contributed by atoms with Crippen LogP contribution in [0.5, 0.6) is 0 Å². The van der Waals surface area contributed by atoms with Crippen LogP contribution in [-0.2, 0) is 4.74 Å². The van der Waals surface area contributed by atoms with E-state index in [-0.39, 0.29) is 10.9 Å². The van der Waals surface area contributed by atoms with Crippen LogP contribution in [-0.4, -0.2) is 39.4 Å². The molecular formula is C13H18N2O3. The number of rotatable bonds is 2. The molecule has 0 aromatic heterocycles. The molecule has 2 aliphatic heterocycles. The first kappa shape index (κ1) is 11.7. The Morgan fingerprint density at radius 1 is 0.722 bits per heavy atom. The first-order chi connectivity index (χ1) is 8.79. The lowest BCUT2D eigenvalue weighted by Gasteiger charge is -2.36. The summed E-state index contributed by atoms with van der Waals surface area (Å²) in [5.41, 5.74) is 0.711. The molecule has 0 amide bonds. The molecule has 98 valence electrons. The molecule has 0 radical (unpaired) electrons. The van der Waals surface area contributed by atoms with Gasteiger partial charge in [-0.3, -0.25) is 9.59 Å². The van der Waals surface area contributed by atoms with Gasteiger partial charge >= 0.3 is 0 Å². The van der Waals surface area contributed by atoms with E-state index < -0.39 is 0 Å². The Hall–Kier alpha value is -1.36. The topological polar surface area (TPSA) is 49.9 Å². The predicted octanol–water partition coefficient (Wildman–Crippen LogP) is 0.109. The van der Waals surface area contributed by atoms with Gasteiger partial charge in [0.15, 0.2) is 0 Å². The number of nitrogens with zero attached hydrogens (tertiary/aromatic N) is 2. The van der Waals surface area contributed by atoms with Crippen molar-refractivity contribution in [3.8, 4) is 0 Å². The summed E-state index contributed by atoms with van der Waals surface area (Å²) in [6.07, 6.45) is 3.45. The minimum Gasteiger partial charge on any atom is -0.378 e. The van der Waals surface area contributed by atoms with Crippen molar-refractivity contribution in [3.63, 3.8) is 0 Å². The number of hydrogen-bond acceptors (Lipinski definition) is 5. The van der Waals surface area contributed by atoms with Gasteiger partial charge in [0.2, 0.25) is 0 Å². The third-order valence-corrected chi connectivity index (χ3v) is 3.86. The summed E-state index contributed by atoms with van der Waals surface area (Å²) in [4.78, 5) is 27.7. The van der Waals surface area contributed by atoms with E-state index in [9.17, 15) is 9.59 Å². The summed E-state index contributed by atoms with van der Waals surface area (Å²) in [7, 11) is 0. The van der Waals surface area contributed by atoms with Crippen molar-refractivity contribution in [2.45, 2.75) is 19.3 Å². The Labute approximate surface area is 106 Å². The Kier molecular flexibility index (Phi) is 3.07. The van der Waals surface area contributed by atoms with Crippen molar-refractivity contribution in [1.82, 2.24) is 0 Å². The van der Waals surface area contributed by atoms with E-state index in [1.807, 2.05) is 4.90 Å². The minimum atomic E-state index is -0.308. The molecule has 2 fully saturated rings. The lowest BCUT2D eigenvalue weighted by molar-refractivity contribution is 0.122. The van der Waals surface area contributed by atoms with E-state index >= 15 is 0 Å². The number of morpholine rings is 1. The Morgan fingerprint density at radius 2 is 1.22 bits per heavy atom. The molecule has 0 saturated carbocycles. The molecule has 2 heterocycles. The third kappa shape index (κ3) is 1.82. The lowest BCUT2D eigenvalue weighted by atomic mass is 10.1. The fourth-order valence-electron chi connectivity index (χ4n) is 2.86. The van der Waals surface area contributed by atoms with E-state index in [1.165, 1.54) is 6.42 Å². The smallest absolute Gasteiger partial charge is 0.253 e. The van der Waals surface area contributed by atoms with Crippen molar-refractivity contribution in [1.29, 1.82) is 0 Å². The number of piperidine rings is 1. The van der Waals surface area contributed by atoms with Crippen molar-refractivity contribution in [3.05, 3.63) is 20.4 Å². The molecule has 5 heteroatoms. The van der Waals surface area contributed by atoms with Crippen molar-refractivity contribution in [2.24, 2.45) is 0 Å². The summed E-state index contributed by atoms with van der Waals surface area (Å²) in [6, 6.07) is 0. The molecule has 1 aromatic carbocycles. The first-order valence-corrected chi connectivity index (χ1v) is 6.70. The number of anilines is 2. The van der Waals surface area contributed by atoms with Crippen molar-refractivity contribution in [2.75, 3.05) is 49.2 Å². The Balaban J connectivity index is 1.87. The van der Waals surface area contributed by atoms with Gasteiger partial charge in [0.1, 0.15) is 11.4 Å². The third-order valence-electron chi connectivity index (χ3n) is 3.86. The average molecular weight is 250 g/mol. The van der Waals surface area contributed by atoms with E-state index in [0.29, 0.717) is 37.7 Å². The second-order valence-electron chi connectivity index (χ2n) is 5.00. The monoisotopic (exact) mass is 250 g/mol. The second-order valence-corrected chi connectivity index (χ2v) is 5.00. The normalized spacial score (nSPS) is 21.6. The molecule has 0 spiro atoms. The average Bonchev–Trinajstić information content (AvgIpc) is 2.45. The fraction of sp³-hybridized carbons (Fsp3) is 0.692. The SMILES string of the molecule is O=c1c(N2CCCCC2)c(N2CCOCC2)c1=O. The summed E-state index contributed by atoms with van der Waals surface area (Å²) in [5.74, 6) is 0. The first-order valence-electron chi connectivity index (χ1n) is 6.70. The fourth-order valence-corrected chi connectivity index (χ4v) is 2.86. The highest BCUT2D eigenvalue weighted by Crippen LogP contribution is 2.27. The highest BCUT2D eigenvalue weighted by molar-refractivity contribution is 5.76.